The molecule has 2 rings (SSSR count). The molecule has 0 unspecified atom stereocenters. The van der Waals surface area contributed by atoms with Gasteiger partial charge in [-0.15, -0.1) is 0 Å². The summed E-state index contributed by atoms with van der Waals surface area (Å²) in [6, 6.07) is 4.41. The van der Waals surface area contributed by atoms with E-state index in [1.807, 2.05) is 0 Å². The van der Waals surface area contributed by atoms with Crippen LogP contribution in [0.2, 0.25) is 0 Å². The minimum Gasteiger partial charge on any atom is -0.399 e. The Balaban J connectivity index is 2.16. The number of hydrogen-bond acceptors (Lipinski definition) is 5. The molecule has 1 aliphatic rings. The first-order valence-corrected chi connectivity index (χ1v) is 8.48. The number of nitrogen functional groups attached to an aromatic ring is 1. The van der Waals surface area contributed by atoms with Crippen LogP contribution in [0.15, 0.2) is 27.6 Å². The number of halogens is 1. The van der Waals surface area contributed by atoms with Crippen molar-refractivity contribution in [3.05, 3.63) is 22.7 Å². The molecule has 0 saturated carbocycles. The standard InChI is InChI=1S/C12H15BrN2O4S/c13-10-7-9(14)1-2-11(10)20(17,18)8-12(16)15-3-5-19-6-4-15/h1-2,7H,3-6,8,14H2. The maximum atomic E-state index is 12.3. The Morgan fingerprint density at radius 1 is 1.35 bits per heavy atom. The molecule has 1 fully saturated rings. The molecule has 20 heavy (non-hydrogen) atoms. The largest absolute Gasteiger partial charge is 0.399 e. The number of nitrogens with two attached hydrogens (primary N) is 1. The number of benzene rings is 1. The number of sulfone groups is 1. The second kappa shape index (κ2) is 6.11. The van der Waals surface area contributed by atoms with Crippen molar-refractivity contribution in [2.24, 2.45) is 0 Å². The van der Waals surface area contributed by atoms with Crippen LogP contribution in [0.4, 0.5) is 5.69 Å². The van der Waals surface area contributed by atoms with Crippen LogP contribution in [-0.2, 0) is 19.4 Å². The van der Waals surface area contributed by atoms with Gasteiger partial charge in [-0.1, -0.05) is 0 Å². The van der Waals surface area contributed by atoms with Gasteiger partial charge < -0.3 is 15.4 Å². The maximum absolute atomic E-state index is 12.3. The van der Waals surface area contributed by atoms with E-state index in [9.17, 15) is 13.2 Å². The fourth-order valence-electron chi connectivity index (χ4n) is 1.91. The number of carbonyl (C=O) groups is 1. The molecule has 6 nitrogen and oxygen atoms in total. The summed E-state index contributed by atoms with van der Waals surface area (Å²) in [5, 5.41) is 0. The second-order valence-corrected chi connectivity index (χ2v) is 7.25. The van der Waals surface area contributed by atoms with Crippen molar-refractivity contribution >= 4 is 37.4 Å². The maximum Gasteiger partial charge on any atom is 0.238 e. The van der Waals surface area contributed by atoms with Crippen LogP contribution in [0.1, 0.15) is 0 Å². The molecule has 1 aliphatic heterocycles. The van der Waals surface area contributed by atoms with Crippen LogP contribution in [0.25, 0.3) is 0 Å². The average Bonchev–Trinajstić information content (AvgIpc) is 2.38. The summed E-state index contributed by atoms with van der Waals surface area (Å²) in [5.74, 6) is -0.952. The lowest BCUT2D eigenvalue weighted by Gasteiger charge is -2.26. The van der Waals surface area contributed by atoms with E-state index in [-0.39, 0.29) is 4.90 Å². The number of ether oxygens (including phenoxy) is 1. The van der Waals surface area contributed by atoms with Gasteiger partial charge in [-0.2, -0.15) is 0 Å². The molecule has 0 spiro atoms. The Labute approximate surface area is 125 Å². The van der Waals surface area contributed by atoms with Crippen LogP contribution in [0, 0.1) is 0 Å². The first-order chi connectivity index (χ1) is 9.40. The van der Waals surface area contributed by atoms with Crippen molar-refractivity contribution in [2.45, 2.75) is 4.90 Å². The van der Waals surface area contributed by atoms with Crippen LogP contribution in [0.5, 0.6) is 0 Å². The Morgan fingerprint density at radius 2 is 2.00 bits per heavy atom. The summed E-state index contributed by atoms with van der Waals surface area (Å²) < 4.78 is 30.0. The van der Waals surface area contributed by atoms with Crippen LogP contribution in [-0.4, -0.2) is 51.3 Å². The van der Waals surface area contributed by atoms with Crippen molar-refractivity contribution in [2.75, 3.05) is 37.8 Å². The molecule has 0 aliphatic carbocycles. The molecule has 0 atom stereocenters. The molecule has 0 aromatic heterocycles. The fourth-order valence-corrected chi connectivity index (χ4v) is 4.34. The van der Waals surface area contributed by atoms with E-state index < -0.39 is 21.5 Å². The van der Waals surface area contributed by atoms with E-state index in [2.05, 4.69) is 15.9 Å². The number of nitrogens with zero attached hydrogens (tertiary/aromatic N) is 1. The molecule has 1 heterocycles. The molecule has 1 aromatic carbocycles. The predicted molar refractivity (Wildman–Crippen MR) is 78.0 cm³/mol. The third-order valence-corrected chi connectivity index (χ3v) is 5.54. The highest BCUT2D eigenvalue weighted by Crippen LogP contribution is 2.25. The van der Waals surface area contributed by atoms with Gasteiger partial charge in [-0.05, 0) is 34.1 Å². The van der Waals surface area contributed by atoms with Gasteiger partial charge in [-0.3, -0.25) is 4.79 Å². The van der Waals surface area contributed by atoms with Crippen LogP contribution < -0.4 is 5.73 Å². The molecule has 1 saturated heterocycles. The highest BCUT2D eigenvalue weighted by Gasteiger charge is 2.26. The monoisotopic (exact) mass is 362 g/mol. The number of morpholine rings is 1. The minimum absolute atomic E-state index is 0.0771. The molecule has 1 aromatic rings. The zero-order valence-corrected chi connectivity index (χ0v) is 13.1. The SMILES string of the molecule is Nc1ccc(S(=O)(=O)CC(=O)N2CCOCC2)c(Br)c1. The summed E-state index contributed by atoms with van der Waals surface area (Å²) in [7, 11) is -3.69. The van der Waals surface area contributed by atoms with Gasteiger partial charge in [0.25, 0.3) is 0 Å². The Hall–Kier alpha value is -1.12. The number of hydrogen-bond donors (Lipinski definition) is 1. The highest BCUT2D eigenvalue weighted by molar-refractivity contribution is 9.10. The summed E-state index contributed by atoms with van der Waals surface area (Å²) in [6.45, 7) is 1.74. The lowest BCUT2D eigenvalue weighted by atomic mass is 10.3. The quantitative estimate of drug-likeness (QED) is 0.797. The number of anilines is 1. The molecule has 1 amide bonds. The lowest BCUT2D eigenvalue weighted by Crippen LogP contribution is -2.43. The van der Waals surface area contributed by atoms with Crippen LogP contribution >= 0.6 is 15.9 Å². The number of rotatable bonds is 3. The molecule has 0 bridgehead atoms. The molecular formula is C12H15BrN2O4S. The third kappa shape index (κ3) is 3.50. The Bertz CT molecular complexity index is 612. The minimum atomic E-state index is -3.69. The summed E-state index contributed by atoms with van der Waals surface area (Å²) in [5.41, 5.74) is 6.03. The highest BCUT2D eigenvalue weighted by atomic mass is 79.9. The topological polar surface area (TPSA) is 89.7 Å². The van der Waals surface area contributed by atoms with Gasteiger partial charge in [0.05, 0.1) is 18.1 Å². The number of carbonyl (C=O) groups excluding carboxylic acids is 1. The van der Waals surface area contributed by atoms with Crippen molar-refractivity contribution in [3.63, 3.8) is 0 Å². The van der Waals surface area contributed by atoms with Gasteiger partial charge in [0, 0.05) is 23.2 Å². The summed E-state index contributed by atoms with van der Waals surface area (Å²) in [4.78, 5) is 13.6. The molecular weight excluding hydrogens is 348 g/mol. The van der Waals surface area contributed by atoms with Gasteiger partial charge in [-0.25, -0.2) is 8.42 Å². The summed E-state index contributed by atoms with van der Waals surface area (Å²) >= 11 is 3.16. The molecule has 8 heteroatoms. The third-order valence-electron chi connectivity index (χ3n) is 2.97. The first kappa shape index (κ1) is 15.3. The van der Waals surface area contributed by atoms with Crippen LogP contribution in [0.3, 0.4) is 0 Å². The first-order valence-electron chi connectivity index (χ1n) is 6.03. The van der Waals surface area contributed by atoms with E-state index in [1.165, 1.54) is 23.1 Å². The van der Waals surface area contributed by atoms with Crippen molar-refractivity contribution in [3.8, 4) is 0 Å². The van der Waals surface area contributed by atoms with Crippen molar-refractivity contribution in [1.82, 2.24) is 4.90 Å². The van der Waals surface area contributed by atoms with Gasteiger partial charge in [0.1, 0.15) is 5.75 Å². The fraction of sp³-hybridized carbons (Fsp3) is 0.417. The smallest absolute Gasteiger partial charge is 0.238 e. The van der Waals surface area contributed by atoms with E-state index in [1.54, 1.807) is 0 Å². The average molecular weight is 363 g/mol. The molecule has 110 valence electrons. The van der Waals surface area contributed by atoms with E-state index in [0.717, 1.165) is 0 Å². The van der Waals surface area contributed by atoms with Gasteiger partial charge in [0.2, 0.25) is 5.91 Å². The zero-order valence-electron chi connectivity index (χ0n) is 10.7. The van der Waals surface area contributed by atoms with Gasteiger partial charge in [0.15, 0.2) is 9.84 Å². The molecule has 2 N–H and O–H groups in total. The zero-order chi connectivity index (χ0) is 14.8. The Morgan fingerprint density at radius 3 is 2.60 bits per heavy atom. The van der Waals surface area contributed by atoms with E-state index in [0.29, 0.717) is 36.5 Å². The molecule has 0 radical (unpaired) electrons. The normalized spacial score (nSPS) is 16.1. The van der Waals surface area contributed by atoms with Crippen molar-refractivity contribution < 1.29 is 17.9 Å². The lowest BCUT2D eigenvalue weighted by molar-refractivity contribution is -0.132. The van der Waals surface area contributed by atoms with E-state index in [4.69, 9.17) is 10.5 Å². The van der Waals surface area contributed by atoms with Crippen molar-refractivity contribution in [1.29, 1.82) is 0 Å². The predicted octanol–water partition coefficient (Wildman–Crippen LogP) is 0.664. The summed E-state index contributed by atoms with van der Waals surface area (Å²) in [6.07, 6.45) is 0. The van der Waals surface area contributed by atoms with E-state index >= 15 is 0 Å². The Kier molecular flexibility index (Phi) is 4.66. The van der Waals surface area contributed by atoms with Gasteiger partial charge >= 0.3 is 0 Å². The second-order valence-electron chi connectivity index (χ2n) is 4.44. The number of amides is 1.